The molecule has 2 rings (SSSR count). The van der Waals surface area contributed by atoms with Crippen molar-refractivity contribution < 1.29 is 14.1 Å². The van der Waals surface area contributed by atoms with Crippen molar-refractivity contribution in [3.05, 3.63) is 68.5 Å². The molecule has 0 spiro atoms. The molecule has 0 aliphatic rings. The van der Waals surface area contributed by atoms with Gasteiger partial charge in [-0.05, 0) is 24.3 Å². The van der Waals surface area contributed by atoms with Gasteiger partial charge in [-0.3, -0.25) is 10.1 Å². The van der Waals surface area contributed by atoms with Gasteiger partial charge in [0, 0.05) is 29.8 Å². The Labute approximate surface area is 125 Å². The van der Waals surface area contributed by atoms with Crippen LogP contribution in [0.4, 0.5) is 10.1 Å². The first kappa shape index (κ1) is 15.2. The Bertz CT molecular complexity index is 679. The van der Waals surface area contributed by atoms with Crippen LogP contribution in [0.25, 0.3) is 0 Å². The third-order valence-corrected chi connectivity index (χ3v) is 3.22. The third-order valence-electron chi connectivity index (χ3n) is 2.87. The van der Waals surface area contributed by atoms with Crippen LogP contribution in [-0.4, -0.2) is 4.92 Å². The van der Waals surface area contributed by atoms with E-state index in [0.717, 1.165) is 0 Å². The van der Waals surface area contributed by atoms with E-state index in [1.807, 2.05) is 0 Å². The predicted molar refractivity (Wildman–Crippen MR) is 76.7 cm³/mol. The molecule has 0 heterocycles. The lowest BCUT2D eigenvalue weighted by Crippen LogP contribution is -2.04. The number of benzene rings is 2. The monoisotopic (exact) mass is 310 g/mol. The second-order valence-corrected chi connectivity index (χ2v) is 4.68. The zero-order chi connectivity index (χ0) is 15.4. The fourth-order valence-corrected chi connectivity index (χ4v) is 2.00. The summed E-state index contributed by atoms with van der Waals surface area (Å²) < 4.78 is 18.6. The van der Waals surface area contributed by atoms with Gasteiger partial charge in [0.05, 0.1) is 9.95 Å². The third kappa shape index (κ3) is 3.68. The van der Waals surface area contributed by atoms with Gasteiger partial charge in [-0.1, -0.05) is 11.6 Å². The van der Waals surface area contributed by atoms with Gasteiger partial charge in [-0.25, -0.2) is 4.39 Å². The number of ether oxygens (including phenoxy) is 1. The Morgan fingerprint density at radius 2 is 2.00 bits per heavy atom. The van der Waals surface area contributed by atoms with E-state index >= 15 is 0 Å². The Morgan fingerprint density at radius 3 is 2.62 bits per heavy atom. The van der Waals surface area contributed by atoms with Gasteiger partial charge in [-0.15, -0.1) is 0 Å². The molecule has 0 atom stereocenters. The standard InChI is InChI=1S/C14H12ClFN2O3/c15-13-6-12(18(19)20)3-1-9(13)8-21-14-4-2-11(16)5-10(14)7-17/h1-6H,7-8,17H2. The van der Waals surface area contributed by atoms with Gasteiger partial charge in [-0.2, -0.15) is 0 Å². The van der Waals surface area contributed by atoms with Crippen molar-refractivity contribution >= 4 is 17.3 Å². The van der Waals surface area contributed by atoms with Crippen molar-refractivity contribution in [1.29, 1.82) is 0 Å². The molecule has 0 bridgehead atoms. The average Bonchev–Trinajstić information content (AvgIpc) is 2.46. The van der Waals surface area contributed by atoms with Crippen molar-refractivity contribution in [3.63, 3.8) is 0 Å². The second-order valence-electron chi connectivity index (χ2n) is 4.28. The van der Waals surface area contributed by atoms with Crippen molar-refractivity contribution in [3.8, 4) is 5.75 Å². The molecule has 21 heavy (non-hydrogen) atoms. The molecule has 0 radical (unpaired) electrons. The summed E-state index contributed by atoms with van der Waals surface area (Å²) in [7, 11) is 0. The van der Waals surface area contributed by atoms with Crippen LogP contribution in [0.15, 0.2) is 36.4 Å². The highest BCUT2D eigenvalue weighted by atomic mass is 35.5. The molecule has 0 saturated heterocycles. The molecule has 0 amide bonds. The van der Waals surface area contributed by atoms with Crippen LogP contribution in [-0.2, 0) is 13.2 Å². The number of non-ortho nitro benzene ring substituents is 1. The van der Waals surface area contributed by atoms with Crippen LogP contribution in [0.3, 0.4) is 0 Å². The van der Waals surface area contributed by atoms with Crippen LogP contribution in [0, 0.1) is 15.9 Å². The quantitative estimate of drug-likeness (QED) is 0.678. The number of nitrogens with two attached hydrogens (primary N) is 1. The number of hydrogen-bond acceptors (Lipinski definition) is 4. The lowest BCUT2D eigenvalue weighted by Gasteiger charge is -2.11. The summed E-state index contributed by atoms with van der Waals surface area (Å²) >= 11 is 5.97. The summed E-state index contributed by atoms with van der Waals surface area (Å²) in [5.74, 6) is 0.0597. The molecule has 0 aliphatic heterocycles. The molecule has 0 aromatic heterocycles. The summed E-state index contributed by atoms with van der Waals surface area (Å²) in [6, 6.07) is 8.18. The minimum absolute atomic E-state index is 0.0896. The summed E-state index contributed by atoms with van der Waals surface area (Å²) in [4.78, 5) is 10.1. The van der Waals surface area contributed by atoms with E-state index in [-0.39, 0.29) is 23.9 Å². The summed E-state index contributed by atoms with van der Waals surface area (Å²) in [5, 5.41) is 10.9. The highest BCUT2D eigenvalue weighted by Crippen LogP contribution is 2.25. The Balaban J connectivity index is 2.15. The van der Waals surface area contributed by atoms with Gasteiger partial charge < -0.3 is 10.5 Å². The maximum Gasteiger partial charge on any atom is 0.270 e. The van der Waals surface area contributed by atoms with E-state index in [9.17, 15) is 14.5 Å². The lowest BCUT2D eigenvalue weighted by atomic mass is 10.2. The topological polar surface area (TPSA) is 78.4 Å². The molecular weight excluding hydrogens is 299 g/mol. The van der Waals surface area contributed by atoms with E-state index in [1.54, 1.807) is 0 Å². The van der Waals surface area contributed by atoms with E-state index in [0.29, 0.717) is 16.9 Å². The second kappa shape index (κ2) is 6.51. The number of nitro benzene ring substituents is 1. The lowest BCUT2D eigenvalue weighted by molar-refractivity contribution is -0.384. The number of hydrogen-bond donors (Lipinski definition) is 1. The maximum absolute atomic E-state index is 13.1. The first-order valence-corrected chi connectivity index (χ1v) is 6.43. The number of rotatable bonds is 5. The van der Waals surface area contributed by atoms with Crippen LogP contribution < -0.4 is 10.5 Å². The summed E-state index contributed by atoms with van der Waals surface area (Å²) in [5.41, 5.74) is 6.56. The number of nitro groups is 1. The van der Waals surface area contributed by atoms with Gasteiger partial charge in [0.2, 0.25) is 0 Å². The van der Waals surface area contributed by atoms with Crippen molar-refractivity contribution in [2.45, 2.75) is 13.2 Å². The molecule has 5 nitrogen and oxygen atoms in total. The Kier molecular flexibility index (Phi) is 4.72. The predicted octanol–water partition coefficient (Wildman–Crippen LogP) is 3.43. The molecule has 110 valence electrons. The summed E-state index contributed by atoms with van der Waals surface area (Å²) in [6.45, 7) is 0.247. The highest BCUT2D eigenvalue weighted by Gasteiger charge is 2.11. The molecular formula is C14H12ClFN2O3. The van der Waals surface area contributed by atoms with Crippen LogP contribution in [0.2, 0.25) is 5.02 Å². The molecule has 0 saturated carbocycles. The van der Waals surface area contributed by atoms with E-state index in [4.69, 9.17) is 22.1 Å². The Hall–Kier alpha value is -2.18. The minimum Gasteiger partial charge on any atom is -0.489 e. The van der Waals surface area contributed by atoms with Crippen LogP contribution in [0.1, 0.15) is 11.1 Å². The molecule has 2 aromatic rings. The maximum atomic E-state index is 13.1. The van der Waals surface area contributed by atoms with E-state index < -0.39 is 10.7 Å². The van der Waals surface area contributed by atoms with Crippen molar-refractivity contribution in [1.82, 2.24) is 0 Å². The van der Waals surface area contributed by atoms with Gasteiger partial charge in [0.25, 0.3) is 5.69 Å². The van der Waals surface area contributed by atoms with E-state index in [1.165, 1.54) is 36.4 Å². The van der Waals surface area contributed by atoms with Gasteiger partial charge in [0.15, 0.2) is 0 Å². The van der Waals surface area contributed by atoms with Crippen LogP contribution in [0.5, 0.6) is 5.75 Å². The molecule has 0 unspecified atom stereocenters. The first-order valence-electron chi connectivity index (χ1n) is 6.05. The van der Waals surface area contributed by atoms with Crippen LogP contribution >= 0.6 is 11.6 Å². The van der Waals surface area contributed by atoms with Gasteiger partial charge in [0.1, 0.15) is 18.2 Å². The smallest absolute Gasteiger partial charge is 0.270 e. The SMILES string of the molecule is NCc1cc(F)ccc1OCc1ccc([N+](=O)[O-])cc1Cl. The highest BCUT2D eigenvalue weighted by molar-refractivity contribution is 6.31. The molecule has 2 N–H and O–H groups in total. The fourth-order valence-electron chi connectivity index (χ4n) is 1.77. The molecule has 2 aromatic carbocycles. The molecule has 0 aliphatic carbocycles. The molecule has 7 heteroatoms. The molecule has 0 fully saturated rings. The average molecular weight is 311 g/mol. The normalized spacial score (nSPS) is 10.4. The van der Waals surface area contributed by atoms with Gasteiger partial charge >= 0.3 is 0 Å². The first-order chi connectivity index (χ1) is 10.0. The minimum atomic E-state index is -0.525. The Morgan fingerprint density at radius 1 is 1.24 bits per heavy atom. The zero-order valence-corrected chi connectivity index (χ0v) is 11.6. The zero-order valence-electron chi connectivity index (χ0n) is 10.9. The number of halogens is 2. The van der Waals surface area contributed by atoms with Crippen molar-refractivity contribution in [2.75, 3.05) is 0 Å². The summed E-state index contributed by atoms with van der Waals surface area (Å²) in [6.07, 6.45) is 0. The fraction of sp³-hybridized carbons (Fsp3) is 0.143. The largest absolute Gasteiger partial charge is 0.489 e. The number of nitrogens with zero attached hydrogens (tertiary/aromatic N) is 1. The van der Waals surface area contributed by atoms with E-state index in [2.05, 4.69) is 0 Å². The van der Waals surface area contributed by atoms with Crippen molar-refractivity contribution in [2.24, 2.45) is 5.73 Å².